The molecule has 1 aliphatic heterocycles. The maximum Gasteiger partial charge on any atom is 0.217 e. The third-order valence-electron chi connectivity index (χ3n) is 3.59. The van der Waals surface area contributed by atoms with Gasteiger partial charge in [0.05, 0.1) is 31.4 Å². The highest BCUT2D eigenvalue weighted by molar-refractivity contribution is 5.73. The number of benzene rings is 1. The predicted octanol–water partition coefficient (Wildman–Crippen LogP) is 1.49. The number of carbonyl (C=O) groups excluding carboxylic acids is 1. The van der Waals surface area contributed by atoms with Gasteiger partial charge in [0, 0.05) is 11.8 Å². The van der Waals surface area contributed by atoms with E-state index in [1.54, 1.807) is 0 Å². The molecule has 23 heavy (non-hydrogen) atoms. The van der Waals surface area contributed by atoms with Gasteiger partial charge in [-0.2, -0.15) is 0 Å². The van der Waals surface area contributed by atoms with Gasteiger partial charge in [-0.1, -0.05) is 35.4 Å². The Hall–Kier alpha value is -2.12. The third-order valence-corrected chi connectivity index (χ3v) is 3.59. The van der Waals surface area contributed by atoms with E-state index in [1.807, 2.05) is 30.3 Å². The molecule has 0 unspecified atom stereocenters. The monoisotopic (exact) mass is 320 g/mol. The largest absolute Gasteiger partial charge is 0.394 e. The number of hydrogen-bond acceptors (Lipinski definition) is 5. The first kappa shape index (κ1) is 17.2. The van der Waals surface area contributed by atoms with Crippen molar-refractivity contribution in [3.63, 3.8) is 0 Å². The molecule has 1 aromatic carbocycles. The van der Waals surface area contributed by atoms with E-state index in [0.29, 0.717) is 13.0 Å². The molecule has 4 atom stereocenters. The van der Waals surface area contributed by atoms with Crippen molar-refractivity contribution < 1.29 is 19.4 Å². The molecule has 0 aliphatic carbocycles. The van der Waals surface area contributed by atoms with Gasteiger partial charge in [0.1, 0.15) is 0 Å². The quantitative estimate of drug-likeness (QED) is 0.469. The van der Waals surface area contributed by atoms with E-state index in [9.17, 15) is 9.90 Å². The smallest absolute Gasteiger partial charge is 0.217 e. The summed E-state index contributed by atoms with van der Waals surface area (Å²) < 4.78 is 11.4. The van der Waals surface area contributed by atoms with Crippen LogP contribution in [-0.2, 0) is 20.9 Å². The summed E-state index contributed by atoms with van der Waals surface area (Å²) in [4.78, 5) is 14.1. The van der Waals surface area contributed by atoms with Crippen LogP contribution in [-0.4, -0.2) is 42.1 Å². The maximum absolute atomic E-state index is 11.4. The molecule has 1 heterocycles. The van der Waals surface area contributed by atoms with Crippen LogP contribution in [0.5, 0.6) is 0 Å². The number of ether oxygens (including phenoxy) is 2. The van der Waals surface area contributed by atoms with Crippen molar-refractivity contribution in [3.8, 4) is 0 Å². The van der Waals surface area contributed by atoms with Crippen molar-refractivity contribution in [2.24, 2.45) is 5.11 Å². The minimum atomic E-state index is -0.721. The Morgan fingerprint density at radius 2 is 2.26 bits per heavy atom. The number of carbonyl (C=O) groups is 1. The zero-order chi connectivity index (χ0) is 16.7. The van der Waals surface area contributed by atoms with Crippen LogP contribution in [0.2, 0.25) is 0 Å². The molecule has 1 aliphatic rings. The summed E-state index contributed by atoms with van der Waals surface area (Å²) in [6.07, 6.45) is -1.04. The van der Waals surface area contributed by atoms with Crippen LogP contribution in [0.1, 0.15) is 18.9 Å². The third kappa shape index (κ3) is 4.94. The van der Waals surface area contributed by atoms with Crippen LogP contribution in [0, 0.1) is 0 Å². The summed E-state index contributed by atoms with van der Waals surface area (Å²) in [5.74, 6) is -0.228. The summed E-state index contributed by atoms with van der Waals surface area (Å²) in [5.41, 5.74) is 9.59. The molecular weight excluding hydrogens is 300 g/mol. The summed E-state index contributed by atoms with van der Waals surface area (Å²) in [5, 5.41) is 15.8. The van der Waals surface area contributed by atoms with Gasteiger partial charge in [0.25, 0.3) is 0 Å². The van der Waals surface area contributed by atoms with E-state index in [4.69, 9.17) is 15.0 Å². The molecule has 8 heteroatoms. The Bertz CT molecular complexity index is 562. The summed E-state index contributed by atoms with van der Waals surface area (Å²) in [6, 6.07) is 8.55. The first-order valence-electron chi connectivity index (χ1n) is 7.37. The van der Waals surface area contributed by atoms with Gasteiger partial charge < -0.3 is 19.9 Å². The predicted molar refractivity (Wildman–Crippen MR) is 82.1 cm³/mol. The first-order valence-corrected chi connectivity index (χ1v) is 7.37. The van der Waals surface area contributed by atoms with Crippen molar-refractivity contribution in [2.75, 3.05) is 6.61 Å². The fourth-order valence-corrected chi connectivity index (χ4v) is 2.53. The summed E-state index contributed by atoms with van der Waals surface area (Å²) in [7, 11) is 0. The van der Waals surface area contributed by atoms with Gasteiger partial charge >= 0.3 is 0 Å². The van der Waals surface area contributed by atoms with Crippen molar-refractivity contribution in [3.05, 3.63) is 46.3 Å². The van der Waals surface area contributed by atoms with Gasteiger partial charge in [0.2, 0.25) is 5.91 Å². The first-order chi connectivity index (χ1) is 11.1. The summed E-state index contributed by atoms with van der Waals surface area (Å²) in [6.45, 7) is 1.42. The lowest BCUT2D eigenvalue weighted by Crippen LogP contribution is -2.55. The second-order valence-electron chi connectivity index (χ2n) is 5.34. The van der Waals surface area contributed by atoms with E-state index in [-0.39, 0.29) is 12.5 Å². The van der Waals surface area contributed by atoms with E-state index in [0.717, 1.165) is 5.56 Å². The molecule has 1 fully saturated rings. The average Bonchev–Trinajstić information content (AvgIpc) is 2.55. The maximum atomic E-state index is 11.4. The van der Waals surface area contributed by atoms with Crippen LogP contribution in [0.3, 0.4) is 0 Å². The molecule has 0 radical (unpaired) electrons. The van der Waals surface area contributed by atoms with E-state index in [2.05, 4.69) is 15.3 Å². The number of aliphatic hydroxyl groups is 1. The lowest BCUT2D eigenvalue weighted by atomic mass is 9.98. The van der Waals surface area contributed by atoms with Crippen LogP contribution >= 0.6 is 0 Å². The second-order valence-corrected chi connectivity index (χ2v) is 5.34. The zero-order valence-electron chi connectivity index (χ0n) is 12.8. The highest BCUT2D eigenvalue weighted by Crippen LogP contribution is 2.24. The molecule has 0 saturated carbocycles. The van der Waals surface area contributed by atoms with Crippen molar-refractivity contribution in [1.82, 2.24) is 5.32 Å². The lowest BCUT2D eigenvalue weighted by molar-refractivity contribution is -0.224. The molecule has 0 aromatic heterocycles. The molecule has 0 spiro atoms. The molecule has 1 aromatic rings. The number of rotatable bonds is 6. The molecule has 2 N–H and O–H groups in total. The molecule has 2 rings (SSSR count). The van der Waals surface area contributed by atoms with Gasteiger partial charge in [-0.15, -0.1) is 0 Å². The Labute approximate surface area is 134 Å². The zero-order valence-corrected chi connectivity index (χ0v) is 12.8. The molecule has 1 amide bonds. The SMILES string of the molecule is CC(=O)N[C@@H]1C[C@H](N=[N+]=[N-])[C@@H](CO)O[C@@H]1OCc1ccccc1. The van der Waals surface area contributed by atoms with Crippen LogP contribution < -0.4 is 5.32 Å². The van der Waals surface area contributed by atoms with E-state index in [1.165, 1.54) is 6.92 Å². The van der Waals surface area contributed by atoms with Gasteiger partial charge in [-0.3, -0.25) is 4.79 Å². The van der Waals surface area contributed by atoms with Gasteiger partial charge in [-0.25, -0.2) is 0 Å². The molecular formula is C15H20N4O4. The highest BCUT2D eigenvalue weighted by atomic mass is 16.7. The number of azide groups is 1. The highest BCUT2D eigenvalue weighted by Gasteiger charge is 2.38. The van der Waals surface area contributed by atoms with Crippen LogP contribution in [0.25, 0.3) is 10.4 Å². The fourth-order valence-electron chi connectivity index (χ4n) is 2.53. The molecule has 1 saturated heterocycles. The fraction of sp³-hybridized carbons (Fsp3) is 0.533. The number of hydrogen-bond donors (Lipinski definition) is 2. The number of aliphatic hydroxyl groups excluding tert-OH is 1. The Kier molecular flexibility index (Phi) is 6.37. The minimum absolute atomic E-state index is 0.228. The topological polar surface area (TPSA) is 117 Å². The Morgan fingerprint density at radius 3 is 2.87 bits per heavy atom. The normalized spacial score (nSPS) is 27.0. The molecule has 0 bridgehead atoms. The number of nitrogens with one attached hydrogen (secondary N) is 1. The summed E-state index contributed by atoms with van der Waals surface area (Å²) >= 11 is 0. The van der Waals surface area contributed by atoms with Crippen molar-refractivity contribution in [1.29, 1.82) is 0 Å². The van der Waals surface area contributed by atoms with Gasteiger partial charge in [-0.05, 0) is 17.5 Å². The minimum Gasteiger partial charge on any atom is -0.394 e. The number of amides is 1. The van der Waals surface area contributed by atoms with Crippen LogP contribution in [0.4, 0.5) is 0 Å². The van der Waals surface area contributed by atoms with Gasteiger partial charge in [0.15, 0.2) is 6.29 Å². The van der Waals surface area contributed by atoms with Crippen LogP contribution in [0.15, 0.2) is 35.4 Å². The van der Waals surface area contributed by atoms with Crippen molar-refractivity contribution in [2.45, 2.75) is 44.4 Å². The lowest BCUT2D eigenvalue weighted by Gasteiger charge is -2.39. The van der Waals surface area contributed by atoms with E-state index >= 15 is 0 Å². The molecule has 124 valence electrons. The Balaban J connectivity index is 2.06. The Morgan fingerprint density at radius 1 is 1.52 bits per heavy atom. The second kappa shape index (κ2) is 8.50. The van der Waals surface area contributed by atoms with E-state index < -0.39 is 24.5 Å². The van der Waals surface area contributed by atoms with Crippen molar-refractivity contribution >= 4 is 5.91 Å². The molecule has 8 nitrogen and oxygen atoms in total. The number of nitrogens with zero attached hydrogens (tertiary/aromatic N) is 3. The standard InChI is InChI=1S/C15H20N4O4/c1-10(21)17-13-7-12(18-19-16)14(8-20)23-15(13)22-9-11-5-3-2-4-6-11/h2-6,12-15,20H,7-9H2,1H3,(H,17,21)/t12-,13+,14+,15-/m0/s1. The average molecular weight is 320 g/mol.